The van der Waals surface area contributed by atoms with Crippen molar-refractivity contribution < 1.29 is 9.59 Å². The first-order chi connectivity index (χ1) is 11.8. The number of carbonyl (C=O) groups excluding carboxylic acids is 2. The molecule has 2 atom stereocenters. The summed E-state index contributed by atoms with van der Waals surface area (Å²) in [5, 5.41) is 8.22. The van der Waals surface area contributed by atoms with Crippen LogP contribution in [0, 0.1) is 10.8 Å². The Kier molecular flexibility index (Phi) is 6.49. The third-order valence-electron chi connectivity index (χ3n) is 6.20. The second kappa shape index (κ2) is 8.21. The van der Waals surface area contributed by atoms with E-state index in [9.17, 15) is 9.59 Å². The number of aromatic nitrogens is 3. The van der Waals surface area contributed by atoms with E-state index < -0.39 is 5.41 Å². The lowest BCUT2D eigenvalue weighted by molar-refractivity contribution is -0.131. The van der Waals surface area contributed by atoms with Gasteiger partial charge in [0, 0.05) is 23.8 Å². The van der Waals surface area contributed by atoms with Gasteiger partial charge in [0.1, 0.15) is 5.78 Å². The number of carbonyl (C=O) groups is 2. The zero-order valence-electron chi connectivity index (χ0n) is 15.9. The van der Waals surface area contributed by atoms with Crippen molar-refractivity contribution >= 4 is 11.6 Å². The zero-order chi connectivity index (χ0) is 18.5. The summed E-state index contributed by atoms with van der Waals surface area (Å²) in [6.45, 7) is 6.93. The van der Waals surface area contributed by atoms with Crippen molar-refractivity contribution in [3.63, 3.8) is 0 Å². The highest BCUT2D eigenvalue weighted by Crippen LogP contribution is 2.36. The molecule has 140 valence electrons. The first kappa shape index (κ1) is 19.8. The molecule has 1 aromatic heterocycles. The average Bonchev–Trinajstić information content (AvgIpc) is 3.07. The van der Waals surface area contributed by atoms with Crippen molar-refractivity contribution in [3.8, 4) is 0 Å². The molecule has 0 saturated carbocycles. The number of ketones is 2. The van der Waals surface area contributed by atoms with Gasteiger partial charge in [0.05, 0.1) is 18.4 Å². The third kappa shape index (κ3) is 4.54. The van der Waals surface area contributed by atoms with Crippen LogP contribution in [-0.2, 0) is 22.6 Å². The van der Waals surface area contributed by atoms with E-state index in [4.69, 9.17) is 5.73 Å². The summed E-state index contributed by atoms with van der Waals surface area (Å²) in [6, 6.07) is 0. The van der Waals surface area contributed by atoms with Crippen LogP contribution >= 0.6 is 0 Å². The van der Waals surface area contributed by atoms with E-state index in [1.54, 1.807) is 0 Å². The van der Waals surface area contributed by atoms with Crippen LogP contribution in [0.5, 0.6) is 0 Å². The highest BCUT2D eigenvalue weighted by atomic mass is 16.1. The molecule has 0 saturated heterocycles. The fourth-order valence-electron chi connectivity index (χ4n) is 3.70. The van der Waals surface area contributed by atoms with Gasteiger partial charge in [0.2, 0.25) is 0 Å². The second-order valence-electron chi connectivity index (χ2n) is 7.93. The van der Waals surface area contributed by atoms with Crippen LogP contribution in [0.4, 0.5) is 0 Å². The molecule has 0 unspecified atom stereocenters. The number of fused-ring (bicyclic) bond motifs is 1. The first-order valence-corrected chi connectivity index (χ1v) is 9.49. The van der Waals surface area contributed by atoms with Crippen LogP contribution in [-0.4, -0.2) is 33.1 Å². The summed E-state index contributed by atoms with van der Waals surface area (Å²) in [4.78, 5) is 25.3. The maximum atomic E-state index is 12.9. The Hall–Kier alpha value is -1.56. The second-order valence-corrected chi connectivity index (χ2v) is 7.93. The Balaban J connectivity index is 2.26. The smallest absolute Gasteiger partial charge is 0.152 e. The molecule has 2 heterocycles. The van der Waals surface area contributed by atoms with E-state index >= 15 is 0 Å². The van der Waals surface area contributed by atoms with Gasteiger partial charge in [-0.05, 0) is 38.5 Å². The van der Waals surface area contributed by atoms with Crippen molar-refractivity contribution in [2.75, 3.05) is 6.54 Å². The van der Waals surface area contributed by atoms with Gasteiger partial charge in [-0.25, -0.2) is 4.68 Å². The largest absolute Gasteiger partial charge is 0.324 e. The van der Waals surface area contributed by atoms with E-state index in [1.807, 2.05) is 24.7 Å². The number of nitrogens with zero attached hydrogens (tertiary/aromatic N) is 3. The van der Waals surface area contributed by atoms with Gasteiger partial charge >= 0.3 is 0 Å². The molecule has 0 bridgehead atoms. The third-order valence-corrected chi connectivity index (χ3v) is 6.20. The first-order valence-electron chi connectivity index (χ1n) is 9.49. The Morgan fingerprint density at radius 2 is 2.00 bits per heavy atom. The number of hydrogen-bond donors (Lipinski definition) is 1. The Labute approximate surface area is 150 Å². The molecule has 0 aliphatic carbocycles. The van der Waals surface area contributed by atoms with E-state index in [2.05, 4.69) is 17.2 Å². The summed E-state index contributed by atoms with van der Waals surface area (Å²) in [6.07, 6.45) is 7.89. The molecule has 1 aliphatic rings. The topological polar surface area (TPSA) is 90.9 Å². The molecule has 2 rings (SSSR count). The van der Waals surface area contributed by atoms with Crippen LogP contribution in [0.25, 0.3) is 0 Å². The summed E-state index contributed by atoms with van der Waals surface area (Å²) in [5.74, 6) is 0.319. The van der Waals surface area contributed by atoms with Gasteiger partial charge in [0.15, 0.2) is 5.78 Å². The molecule has 25 heavy (non-hydrogen) atoms. The molecule has 0 amide bonds. The average molecular weight is 348 g/mol. The Morgan fingerprint density at radius 1 is 1.24 bits per heavy atom. The highest BCUT2D eigenvalue weighted by Gasteiger charge is 2.36. The molecule has 0 fully saturated rings. The highest BCUT2D eigenvalue weighted by molar-refractivity contribution is 5.88. The molecule has 1 aromatic rings. The van der Waals surface area contributed by atoms with Gasteiger partial charge < -0.3 is 5.73 Å². The quantitative estimate of drug-likeness (QED) is 0.907. The molecule has 0 spiro atoms. The monoisotopic (exact) mass is 348 g/mol. The standard InChI is InChI=1S/C19H32N4O2/c1-4-18(2)10-7-15-14-21-22-23(15)12-6-5-9-19(3,17(25)13-20)11-8-16(18)24/h14H,4-13,20H2,1-3H3/t18-,19+/m0/s1. The van der Waals surface area contributed by atoms with Crippen molar-refractivity contribution in [2.24, 2.45) is 16.6 Å². The minimum atomic E-state index is -0.502. The summed E-state index contributed by atoms with van der Waals surface area (Å²) >= 11 is 0. The van der Waals surface area contributed by atoms with Crippen molar-refractivity contribution in [1.82, 2.24) is 15.0 Å². The molecule has 2 N–H and O–H groups in total. The minimum Gasteiger partial charge on any atom is -0.324 e. The molecule has 6 nitrogen and oxygen atoms in total. The number of aryl methyl sites for hydroxylation is 2. The van der Waals surface area contributed by atoms with Crippen molar-refractivity contribution in [2.45, 2.75) is 78.7 Å². The van der Waals surface area contributed by atoms with Crippen molar-refractivity contribution in [3.05, 3.63) is 11.9 Å². The zero-order valence-corrected chi connectivity index (χ0v) is 15.9. The predicted molar refractivity (Wildman–Crippen MR) is 97.0 cm³/mol. The molecule has 6 heteroatoms. The van der Waals surface area contributed by atoms with Crippen LogP contribution in [0.3, 0.4) is 0 Å². The van der Waals surface area contributed by atoms with E-state index in [0.29, 0.717) is 12.8 Å². The minimum absolute atomic E-state index is 0.0446. The van der Waals surface area contributed by atoms with Gasteiger partial charge in [-0.2, -0.15) is 0 Å². The number of hydrogen-bond acceptors (Lipinski definition) is 5. The van der Waals surface area contributed by atoms with E-state index in [0.717, 1.165) is 50.8 Å². The maximum Gasteiger partial charge on any atom is 0.152 e. The van der Waals surface area contributed by atoms with Crippen LogP contribution < -0.4 is 5.73 Å². The Bertz CT molecular complexity index is 612. The summed E-state index contributed by atoms with van der Waals surface area (Å²) < 4.78 is 1.94. The fourth-order valence-corrected chi connectivity index (χ4v) is 3.70. The molecular weight excluding hydrogens is 316 g/mol. The van der Waals surface area contributed by atoms with Crippen LogP contribution in [0.1, 0.15) is 71.4 Å². The maximum absolute atomic E-state index is 12.9. The van der Waals surface area contributed by atoms with Crippen LogP contribution in [0.15, 0.2) is 6.20 Å². The lowest BCUT2D eigenvalue weighted by atomic mass is 9.72. The lowest BCUT2D eigenvalue weighted by Crippen LogP contribution is -2.36. The fraction of sp³-hybridized carbons (Fsp3) is 0.789. The molecule has 0 radical (unpaired) electrons. The SMILES string of the molecule is CC[C@@]1(C)CCc2cnnn2CCCC[C@@](C)(C(=O)CN)CCC1=O. The number of nitrogens with two attached hydrogens (primary N) is 1. The molecule has 0 aromatic carbocycles. The predicted octanol–water partition coefficient (Wildman–Crippen LogP) is 2.69. The summed E-state index contributed by atoms with van der Waals surface area (Å²) in [7, 11) is 0. The van der Waals surface area contributed by atoms with Crippen molar-refractivity contribution in [1.29, 1.82) is 0 Å². The molecular formula is C19H32N4O2. The Morgan fingerprint density at radius 3 is 2.68 bits per heavy atom. The lowest BCUT2D eigenvalue weighted by Gasteiger charge is -2.31. The van der Waals surface area contributed by atoms with E-state index in [1.165, 1.54) is 0 Å². The normalized spacial score (nSPS) is 29.2. The van der Waals surface area contributed by atoms with Gasteiger partial charge in [-0.1, -0.05) is 32.4 Å². The number of rotatable bonds is 3. The van der Waals surface area contributed by atoms with Gasteiger partial charge in [-0.15, -0.1) is 5.10 Å². The van der Waals surface area contributed by atoms with Gasteiger partial charge in [-0.3, -0.25) is 9.59 Å². The number of Topliss-reactive ketones (excluding diaryl/α,β-unsaturated/α-hetero) is 2. The van der Waals surface area contributed by atoms with E-state index in [-0.39, 0.29) is 23.5 Å². The van der Waals surface area contributed by atoms with Gasteiger partial charge in [0.25, 0.3) is 0 Å². The molecule has 1 aliphatic heterocycles. The van der Waals surface area contributed by atoms with Crippen LogP contribution in [0.2, 0.25) is 0 Å². The summed E-state index contributed by atoms with van der Waals surface area (Å²) in [5.41, 5.74) is 5.86.